The zero-order chi connectivity index (χ0) is 24.7. The Bertz CT molecular complexity index is 1420. The molecular weight excluding hydrogens is 452 g/mol. The van der Waals surface area contributed by atoms with Crippen LogP contribution in [0.3, 0.4) is 0 Å². The van der Waals surface area contributed by atoms with E-state index in [0.717, 1.165) is 34.2 Å². The van der Waals surface area contributed by atoms with Crippen LogP contribution in [0, 0.1) is 6.92 Å². The van der Waals surface area contributed by atoms with Crippen LogP contribution in [0.1, 0.15) is 28.3 Å². The fraction of sp³-hybridized carbons (Fsp3) is 0.320. The maximum atomic E-state index is 12.5. The lowest BCUT2D eigenvalue weighted by molar-refractivity contribution is 0.170. The number of aromatic nitrogens is 2. The van der Waals surface area contributed by atoms with Crippen molar-refractivity contribution in [1.29, 1.82) is 0 Å². The van der Waals surface area contributed by atoms with E-state index in [4.69, 9.17) is 14.2 Å². The average Bonchev–Trinajstić information content (AvgIpc) is 3.30. The molecule has 0 aliphatic carbocycles. The molecule has 10 heteroatoms. The van der Waals surface area contributed by atoms with Crippen LogP contribution >= 0.6 is 0 Å². The fourth-order valence-electron chi connectivity index (χ4n) is 4.59. The normalized spacial score (nSPS) is 17.1. The maximum absolute atomic E-state index is 12.5. The minimum Gasteiger partial charge on any atom is -0.493 e. The number of ether oxygens (including phenoxy) is 3. The number of rotatable bonds is 5. The van der Waals surface area contributed by atoms with E-state index in [2.05, 4.69) is 14.9 Å². The lowest BCUT2D eigenvalue weighted by Crippen LogP contribution is -2.34. The lowest BCUT2D eigenvalue weighted by Gasteiger charge is -2.35. The Kier molecular flexibility index (Phi) is 5.81. The number of H-pyrrole nitrogens is 1. The molecule has 0 amide bonds. The number of methoxy groups -OCH3 is 1. The minimum atomic E-state index is -0.727. The molecule has 0 spiro atoms. The minimum absolute atomic E-state index is 0.0958. The van der Waals surface area contributed by atoms with Crippen molar-refractivity contribution in [2.75, 3.05) is 34.0 Å². The van der Waals surface area contributed by atoms with Gasteiger partial charge in [0.1, 0.15) is 5.56 Å². The van der Waals surface area contributed by atoms with Crippen LogP contribution in [0.5, 0.6) is 23.1 Å². The first-order chi connectivity index (χ1) is 16.9. The highest BCUT2D eigenvalue weighted by Crippen LogP contribution is 2.49. The van der Waals surface area contributed by atoms with Crippen molar-refractivity contribution in [3.8, 4) is 28.8 Å². The highest BCUT2D eigenvalue weighted by Gasteiger charge is 2.33. The van der Waals surface area contributed by atoms with E-state index in [0.29, 0.717) is 29.5 Å². The van der Waals surface area contributed by atoms with Crippen molar-refractivity contribution in [3.63, 3.8) is 0 Å². The van der Waals surface area contributed by atoms with Crippen LogP contribution < -0.4 is 25.5 Å². The Hall–Kier alpha value is -4.05. The van der Waals surface area contributed by atoms with Gasteiger partial charge >= 0.3 is 5.69 Å². The molecule has 5 rings (SSSR count). The van der Waals surface area contributed by atoms with Gasteiger partial charge < -0.3 is 19.3 Å². The molecule has 1 aromatic heterocycles. The average molecular weight is 479 g/mol. The molecule has 0 saturated heterocycles. The summed E-state index contributed by atoms with van der Waals surface area (Å²) in [5, 5.41) is 10.8. The van der Waals surface area contributed by atoms with Gasteiger partial charge in [0.2, 0.25) is 18.4 Å². The SMILES string of the molecule is COc1c2c(cc3c1C(CN=Cc1c(O)n(-c4ccc(C)cc4)c(=O)[nH]c1=O)N(C)CC3)OCO2. The Morgan fingerprint density at radius 2 is 2.03 bits per heavy atom. The Labute approximate surface area is 201 Å². The van der Waals surface area contributed by atoms with Gasteiger partial charge in [-0.2, -0.15) is 0 Å². The van der Waals surface area contributed by atoms with E-state index in [9.17, 15) is 14.7 Å². The smallest absolute Gasteiger partial charge is 0.335 e. The van der Waals surface area contributed by atoms with E-state index in [1.807, 2.05) is 32.2 Å². The van der Waals surface area contributed by atoms with Gasteiger partial charge in [-0.25, -0.2) is 9.36 Å². The molecule has 0 fully saturated rings. The molecule has 10 nitrogen and oxygen atoms in total. The molecule has 0 radical (unpaired) electrons. The number of aromatic hydroxyl groups is 1. The Morgan fingerprint density at radius 3 is 2.77 bits per heavy atom. The summed E-state index contributed by atoms with van der Waals surface area (Å²) in [5.41, 5.74) is 1.96. The predicted octanol–water partition coefficient (Wildman–Crippen LogP) is 1.93. The van der Waals surface area contributed by atoms with Crippen molar-refractivity contribution >= 4 is 6.21 Å². The van der Waals surface area contributed by atoms with Crippen molar-refractivity contribution in [2.24, 2.45) is 4.99 Å². The summed E-state index contributed by atoms with van der Waals surface area (Å²) in [4.78, 5) is 33.8. The second-order valence-corrected chi connectivity index (χ2v) is 8.62. The van der Waals surface area contributed by atoms with Crippen molar-refractivity contribution in [3.05, 3.63) is 73.4 Å². The van der Waals surface area contributed by atoms with Crippen LogP contribution in [-0.2, 0) is 6.42 Å². The van der Waals surface area contributed by atoms with Crippen LogP contribution in [0.25, 0.3) is 5.69 Å². The summed E-state index contributed by atoms with van der Waals surface area (Å²) in [6, 6.07) is 8.85. The zero-order valence-electron chi connectivity index (χ0n) is 19.7. The molecular formula is C25H26N4O6. The monoisotopic (exact) mass is 478 g/mol. The Morgan fingerprint density at radius 1 is 1.26 bits per heavy atom. The van der Waals surface area contributed by atoms with Crippen LogP contribution in [0.4, 0.5) is 0 Å². The van der Waals surface area contributed by atoms with Crippen molar-refractivity contribution in [1.82, 2.24) is 14.5 Å². The molecule has 2 N–H and O–H groups in total. The molecule has 0 bridgehead atoms. The van der Waals surface area contributed by atoms with E-state index < -0.39 is 17.1 Å². The van der Waals surface area contributed by atoms with Crippen LogP contribution in [0.15, 0.2) is 44.9 Å². The van der Waals surface area contributed by atoms with E-state index >= 15 is 0 Å². The van der Waals surface area contributed by atoms with Gasteiger partial charge in [0.15, 0.2) is 11.5 Å². The number of aliphatic imine (C=N–C) groups is 1. The first-order valence-corrected chi connectivity index (χ1v) is 11.2. The third kappa shape index (κ3) is 3.95. The van der Waals surface area contributed by atoms with Gasteiger partial charge in [0.05, 0.1) is 25.4 Å². The molecule has 35 heavy (non-hydrogen) atoms. The lowest BCUT2D eigenvalue weighted by atomic mass is 9.91. The summed E-state index contributed by atoms with van der Waals surface area (Å²) in [6.07, 6.45) is 2.13. The summed E-state index contributed by atoms with van der Waals surface area (Å²) in [7, 11) is 3.59. The largest absolute Gasteiger partial charge is 0.493 e. The van der Waals surface area contributed by atoms with Gasteiger partial charge in [-0.15, -0.1) is 0 Å². The number of hydrogen-bond acceptors (Lipinski definition) is 8. The third-order valence-corrected chi connectivity index (χ3v) is 6.46. The van der Waals surface area contributed by atoms with E-state index in [1.54, 1.807) is 19.2 Å². The summed E-state index contributed by atoms with van der Waals surface area (Å²) >= 11 is 0. The molecule has 3 heterocycles. The van der Waals surface area contributed by atoms with Gasteiger partial charge in [-0.05, 0) is 44.2 Å². The topological polar surface area (TPSA) is 118 Å². The number of fused-ring (bicyclic) bond motifs is 2. The molecule has 3 aromatic rings. The van der Waals surface area contributed by atoms with Gasteiger partial charge in [-0.3, -0.25) is 19.7 Å². The number of likely N-dealkylation sites (N-methyl/N-ethyl adjacent to an activating group) is 1. The summed E-state index contributed by atoms with van der Waals surface area (Å²) < 4.78 is 17.9. The first-order valence-electron chi connectivity index (χ1n) is 11.2. The maximum Gasteiger partial charge on any atom is 0.335 e. The molecule has 1 unspecified atom stereocenters. The number of nitrogens with one attached hydrogen (secondary N) is 1. The standard InChI is InChI=1S/C25H26N4O6/c1-14-4-6-16(7-5-14)29-24(31)17(23(30)27-25(29)32)11-26-12-18-20-15(8-9-28(18)2)10-19-21(22(20)33-3)35-13-34-19/h4-7,10-11,18,31H,8-9,12-13H2,1-3H3,(H,27,30,32). The van der Waals surface area contributed by atoms with Gasteiger partial charge in [0.25, 0.3) is 5.56 Å². The Balaban J connectivity index is 1.50. The summed E-state index contributed by atoms with van der Waals surface area (Å²) in [5.74, 6) is 1.40. The van der Waals surface area contributed by atoms with E-state index in [1.165, 1.54) is 6.21 Å². The molecule has 182 valence electrons. The highest BCUT2D eigenvalue weighted by molar-refractivity contribution is 5.82. The number of nitrogens with zero attached hydrogens (tertiary/aromatic N) is 3. The second-order valence-electron chi connectivity index (χ2n) is 8.62. The van der Waals surface area contributed by atoms with Gasteiger partial charge in [0, 0.05) is 18.3 Å². The number of aromatic amines is 1. The molecule has 2 aliphatic heterocycles. The van der Waals surface area contributed by atoms with Crippen LogP contribution in [-0.4, -0.2) is 59.8 Å². The van der Waals surface area contributed by atoms with Gasteiger partial charge in [-0.1, -0.05) is 17.7 Å². The molecule has 2 aliphatic rings. The predicted molar refractivity (Wildman–Crippen MR) is 130 cm³/mol. The first kappa shape index (κ1) is 22.7. The molecule has 2 aromatic carbocycles. The van der Waals surface area contributed by atoms with Crippen molar-refractivity contribution in [2.45, 2.75) is 19.4 Å². The van der Waals surface area contributed by atoms with Crippen LogP contribution in [0.2, 0.25) is 0 Å². The quantitative estimate of drug-likeness (QED) is 0.538. The van der Waals surface area contributed by atoms with E-state index in [-0.39, 0.29) is 18.4 Å². The summed E-state index contributed by atoms with van der Waals surface area (Å²) in [6.45, 7) is 3.16. The number of hydrogen-bond donors (Lipinski definition) is 2. The van der Waals surface area contributed by atoms with Crippen molar-refractivity contribution < 1.29 is 19.3 Å². The third-order valence-electron chi connectivity index (χ3n) is 6.46. The second kappa shape index (κ2) is 8.95. The molecule has 1 atom stereocenters. The molecule has 0 saturated carbocycles. The zero-order valence-corrected chi connectivity index (χ0v) is 19.7. The number of aryl methyl sites for hydroxylation is 1. The highest BCUT2D eigenvalue weighted by atomic mass is 16.7. The fourth-order valence-corrected chi connectivity index (χ4v) is 4.59. The number of benzene rings is 2.